The van der Waals surface area contributed by atoms with E-state index in [9.17, 15) is 29.6 Å². The first-order chi connectivity index (χ1) is 14.3. The van der Waals surface area contributed by atoms with Gasteiger partial charge in [-0.3, -0.25) is 25.0 Å². The van der Waals surface area contributed by atoms with Gasteiger partial charge < -0.3 is 14.6 Å². The first-order valence-corrected chi connectivity index (χ1v) is 8.37. The van der Waals surface area contributed by atoms with Crippen LogP contribution in [0.2, 0.25) is 0 Å². The van der Waals surface area contributed by atoms with E-state index >= 15 is 0 Å². The van der Waals surface area contributed by atoms with E-state index in [-0.39, 0.29) is 17.0 Å². The zero-order valence-electron chi connectivity index (χ0n) is 15.7. The van der Waals surface area contributed by atoms with E-state index in [0.29, 0.717) is 5.75 Å². The fraction of sp³-hybridized carbons (Fsp3) is 0.105. The molecule has 0 aromatic heterocycles. The SMILES string of the molecule is COc1ccc(N2C(=O)NC(=O)/C(=C\c3cc(OC)c(O)c([N+](=O)[O-])c3)C2=O)cc1. The molecule has 11 heteroatoms. The minimum atomic E-state index is -0.968. The van der Waals surface area contributed by atoms with Crippen molar-refractivity contribution in [2.75, 3.05) is 19.1 Å². The molecule has 1 aliphatic heterocycles. The van der Waals surface area contributed by atoms with Crippen molar-refractivity contribution >= 4 is 35.3 Å². The molecule has 0 aliphatic carbocycles. The number of phenolic OH excluding ortho intramolecular Hbond substituents is 1. The van der Waals surface area contributed by atoms with E-state index in [4.69, 9.17) is 9.47 Å². The maximum absolute atomic E-state index is 12.9. The van der Waals surface area contributed by atoms with Crippen LogP contribution in [0.15, 0.2) is 42.0 Å². The first-order valence-electron chi connectivity index (χ1n) is 8.37. The van der Waals surface area contributed by atoms with Crippen LogP contribution >= 0.6 is 0 Å². The van der Waals surface area contributed by atoms with E-state index in [1.54, 1.807) is 0 Å². The van der Waals surface area contributed by atoms with Crippen LogP contribution in [0, 0.1) is 10.1 Å². The summed E-state index contributed by atoms with van der Waals surface area (Å²) < 4.78 is 9.94. The largest absolute Gasteiger partial charge is 0.500 e. The van der Waals surface area contributed by atoms with Crippen LogP contribution in [0.3, 0.4) is 0 Å². The third-order valence-corrected chi connectivity index (χ3v) is 4.24. The summed E-state index contributed by atoms with van der Waals surface area (Å²) in [6, 6.07) is 7.22. The number of nitrogens with one attached hydrogen (secondary N) is 1. The van der Waals surface area contributed by atoms with Crippen molar-refractivity contribution in [2.24, 2.45) is 0 Å². The van der Waals surface area contributed by atoms with Gasteiger partial charge in [-0.1, -0.05) is 0 Å². The fourth-order valence-corrected chi connectivity index (χ4v) is 2.78. The summed E-state index contributed by atoms with van der Waals surface area (Å²) in [7, 11) is 2.65. The predicted octanol–water partition coefficient (Wildman–Crippen LogP) is 1.98. The van der Waals surface area contributed by atoms with E-state index in [1.807, 2.05) is 5.32 Å². The zero-order chi connectivity index (χ0) is 22.0. The molecule has 0 saturated carbocycles. The normalized spacial score (nSPS) is 15.2. The lowest BCUT2D eigenvalue weighted by molar-refractivity contribution is -0.386. The highest BCUT2D eigenvalue weighted by molar-refractivity contribution is 6.39. The molecule has 3 rings (SSSR count). The van der Waals surface area contributed by atoms with Gasteiger partial charge in [0.05, 0.1) is 24.8 Å². The molecule has 1 heterocycles. The molecule has 1 saturated heterocycles. The number of nitrogens with zero attached hydrogens (tertiary/aromatic N) is 2. The zero-order valence-corrected chi connectivity index (χ0v) is 15.7. The maximum Gasteiger partial charge on any atom is 0.335 e. The molecule has 0 spiro atoms. The number of urea groups is 1. The Bertz CT molecular complexity index is 1090. The highest BCUT2D eigenvalue weighted by atomic mass is 16.6. The molecular formula is C19H15N3O8. The first kappa shape index (κ1) is 20.3. The fourth-order valence-electron chi connectivity index (χ4n) is 2.78. The number of carbonyl (C=O) groups excluding carboxylic acids is 3. The number of benzene rings is 2. The molecule has 2 aromatic carbocycles. The average molecular weight is 413 g/mol. The Morgan fingerprint density at radius 1 is 1.10 bits per heavy atom. The standard InChI is InChI=1S/C19H15N3O8/c1-29-12-5-3-11(4-6-12)21-18(25)13(17(24)20-19(21)26)7-10-8-14(22(27)28)16(23)15(9-10)30-2/h3-9,23H,1-2H3,(H,20,24,26)/b13-7+. The van der Waals surface area contributed by atoms with Crippen LogP contribution in [0.1, 0.15) is 5.56 Å². The number of carbonyl (C=O) groups is 3. The van der Waals surface area contributed by atoms with Crippen LogP contribution < -0.4 is 19.7 Å². The number of anilines is 1. The summed E-state index contributed by atoms with van der Waals surface area (Å²) in [5.74, 6) is -2.31. The Kier molecular flexibility index (Phi) is 5.36. The van der Waals surface area contributed by atoms with Crippen LogP contribution in [-0.4, -0.2) is 42.1 Å². The smallest absolute Gasteiger partial charge is 0.335 e. The molecular weight excluding hydrogens is 398 g/mol. The lowest BCUT2D eigenvalue weighted by Gasteiger charge is -2.26. The molecule has 154 valence electrons. The van der Waals surface area contributed by atoms with Gasteiger partial charge in [-0.2, -0.15) is 0 Å². The topological polar surface area (TPSA) is 148 Å². The summed E-state index contributed by atoms with van der Waals surface area (Å²) in [6.07, 6.45) is 1.07. The lowest BCUT2D eigenvalue weighted by atomic mass is 10.1. The van der Waals surface area contributed by atoms with Crippen molar-refractivity contribution in [3.63, 3.8) is 0 Å². The van der Waals surface area contributed by atoms with Crippen molar-refractivity contribution < 1.29 is 33.9 Å². The van der Waals surface area contributed by atoms with Crippen LogP contribution in [0.4, 0.5) is 16.2 Å². The molecule has 0 bridgehead atoms. The molecule has 11 nitrogen and oxygen atoms in total. The molecule has 0 unspecified atom stereocenters. The Balaban J connectivity index is 2.06. The number of imide groups is 2. The number of methoxy groups -OCH3 is 2. The van der Waals surface area contributed by atoms with Gasteiger partial charge in [-0.25, -0.2) is 9.69 Å². The second kappa shape index (κ2) is 7.91. The van der Waals surface area contributed by atoms with Crippen molar-refractivity contribution in [1.82, 2.24) is 5.32 Å². The Morgan fingerprint density at radius 2 is 1.77 bits per heavy atom. The van der Waals surface area contributed by atoms with Crippen molar-refractivity contribution in [3.05, 3.63) is 57.6 Å². The number of hydrogen-bond donors (Lipinski definition) is 2. The summed E-state index contributed by atoms with van der Waals surface area (Å²) in [6.45, 7) is 0. The van der Waals surface area contributed by atoms with E-state index in [2.05, 4.69) is 0 Å². The Hall–Kier alpha value is -4.41. The Morgan fingerprint density at radius 3 is 2.33 bits per heavy atom. The molecule has 2 N–H and O–H groups in total. The van der Waals surface area contributed by atoms with E-state index in [1.165, 1.54) is 44.6 Å². The average Bonchev–Trinajstić information content (AvgIpc) is 2.72. The Labute approximate surface area is 169 Å². The van der Waals surface area contributed by atoms with Crippen molar-refractivity contribution in [2.45, 2.75) is 0 Å². The number of barbiturate groups is 1. The molecule has 1 fully saturated rings. The van der Waals surface area contributed by atoms with Gasteiger partial charge >= 0.3 is 11.7 Å². The van der Waals surface area contributed by atoms with Gasteiger partial charge in [0.1, 0.15) is 11.3 Å². The third-order valence-electron chi connectivity index (χ3n) is 4.24. The molecule has 1 aliphatic rings. The summed E-state index contributed by atoms with van der Waals surface area (Å²) >= 11 is 0. The van der Waals surface area contributed by atoms with Gasteiger partial charge in [0.15, 0.2) is 5.75 Å². The summed E-state index contributed by atoms with van der Waals surface area (Å²) in [4.78, 5) is 48.4. The number of rotatable bonds is 5. The minimum absolute atomic E-state index is 0.0406. The van der Waals surface area contributed by atoms with Crippen molar-refractivity contribution in [3.8, 4) is 17.2 Å². The van der Waals surface area contributed by atoms with Crippen LogP contribution in [0.25, 0.3) is 6.08 Å². The number of aromatic hydroxyl groups is 1. The molecule has 4 amide bonds. The number of nitro benzene ring substituents is 1. The lowest BCUT2D eigenvalue weighted by Crippen LogP contribution is -2.54. The van der Waals surface area contributed by atoms with Gasteiger partial charge in [-0.05, 0) is 42.0 Å². The molecule has 30 heavy (non-hydrogen) atoms. The minimum Gasteiger partial charge on any atom is -0.500 e. The summed E-state index contributed by atoms with van der Waals surface area (Å²) in [5, 5.41) is 23.1. The van der Waals surface area contributed by atoms with E-state index < -0.39 is 39.8 Å². The molecule has 2 aromatic rings. The molecule has 0 atom stereocenters. The number of phenols is 1. The number of amides is 4. The monoisotopic (exact) mass is 413 g/mol. The van der Waals surface area contributed by atoms with Crippen LogP contribution in [0.5, 0.6) is 17.2 Å². The maximum atomic E-state index is 12.9. The summed E-state index contributed by atoms with van der Waals surface area (Å²) in [5.41, 5.74) is -0.884. The van der Waals surface area contributed by atoms with E-state index in [0.717, 1.165) is 17.0 Å². The predicted molar refractivity (Wildman–Crippen MR) is 103 cm³/mol. The second-order valence-corrected chi connectivity index (χ2v) is 6.00. The number of nitro groups is 1. The second-order valence-electron chi connectivity index (χ2n) is 6.00. The van der Waals surface area contributed by atoms with Crippen LogP contribution in [-0.2, 0) is 9.59 Å². The van der Waals surface area contributed by atoms with Crippen molar-refractivity contribution in [1.29, 1.82) is 0 Å². The van der Waals surface area contributed by atoms with Gasteiger partial charge in [0.2, 0.25) is 5.75 Å². The van der Waals surface area contributed by atoms with Gasteiger partial charge in [0, 0.05) is 6.07 Å². The molecule has 0 radical (unpaired) electrons. The quantitative estimate of drug-likeness (QED) is 0.327. The number of hydrogen-bond acceptors (Lipinski definition) is 8. The number of ether oxygens (including phenoxy) is 2. The highest BCUT2D eigenvalue weighted by Gasteiger charge is 2.37. The van der Waals surface area contributed by atoms with Gasteiger partial charge in [0.25, 0.3) is 11.8 Å². The van der Waals surface area contributed by atoms with Gasteiger partial charge in [-0.15, -0.1) is 0 Å². The third kappa shape index (κ3) is 3.63. The highest BCUT2D eigenvalue weighted by Crippen LogP contribution is 2.37.